The first-order chi connectivity index (χ1) is 12.2. The third-order valence-electron chi connectivity index (χ3n) is 7.40. The molecule has 0 atom stereocenters. The fourth-order valence-corrected chi connectivity index (χ4v) is 5.72. The van der Waals surface area contributed by atoms with Gasteiger partial charge >= 0.3 is 0 Å². The average molecular weight is 351 g/mol. The van der Waals surface area contributed by atoms with Crippen LogP contribution < -0.4 is 0 Å². The van der Waals surface area contributed by atoms with E-state index in [9.17, 15) is 0 Å². The van der Waals surface area contributed by atoms with E-state index in [2.05, 4.69) is 20.8 Å². The van der Waals surface area contributed by atoms with Crippen molar-refractivity contribution in [2.75, 3.05) is 6.61 Å². The molecule has 148 valence electrons. The first-order valence-electron chi connectivity index (χ1n) is 11.9. The molecule has 0 unspecified atom stereocenters. The second kappa shape index (κ2) is 11.6. The van der Waals surface area contributed by atoms with Gasteiger partial charge in [-0.15, -0.1) is 0 Å². The van der Waals surface area contributed by atoms with Crippen LogP contribution in [0.4, 0.5) is 0 Å². The SMILES string of the molecule is CCCCCCC1CCC(C2CCC(CCCC)(OCC)CC2)CC1. The Balaban J connectivity index is 1.69. The van der Waals surface area contributed by atoms with Gasteiger partial charge in [0.2, 0.25) is 0 Å². The summed E-state index contributed by atoms with van der Waals surface area (Å²) in [5, 5.41) is 0. The Morgan fingerprint density at radius 1 is 0.720 bits per heavy atom. The van der Waals surface area contributed by atoms with Crippen LogP contribution in [0.5, 0.6) is 0 Å². The van der Waals surface area contributed by atoms with E-state index in [0.717, 1.165) is 24.4 Å². The molecule has 0 radical (unpaired) electrons. The van der Waals surface area contributed by atoms with Crippen molar-refractivity contribution in [1.82, 2.24) is 0 Å². The highest BCUT2D eigenvalue weighted by Gasteiger charge is 2.38. The van der Waals surface area contributed by atoms with Crippen molar-refractivity contribution in [2.45, 2.75) is 129 Å². The molecule has 25 heavy (non-hydrogen) atoms. The van der Waals surface area contributed by atoms with Crippen molar-refractivity contribution in [3.63, 3.8) is 0 Å². The Hall–Kier alpha value is -0.0400. The van der Waals surface area contributed by atoms with Crippen molar-refractivity contribution in [3.8, 4) is 0 Å². The van der Waals surface area contributed by atoms with Gasteiger partial charge in [-0.1, -0.05) is 71.6 Å². The van der Waals surface area contributed by atoms with Crippen molar-refractivity contribution < 1.29 is 4.74 Å². The highest BCUT2D eigenvalue weighted by atomic mass is 16.5. The van der Waals surface area contributed by atoms with Crippen LogP contribution in [0.1, 0.15) is 124 Å². The van der Waals surface area contributed by atoms with Crippen LogP contribution in [-0.2, 0) is 4.74 Å². The second-order valence-electron chi connectivity index (χ2n) is 9.19. The van der Waals surface area contributed by atoms with Crippen LogP contribution in [0.25, 0.3) is 0 Å². The first kappa shape index (κ1) is 21.3. The molecule has 2 fully saturated rings. The third kappa shape index (κ3) is 6.89. The van der Waals surface area contributed by atoms with E-state index in [0.29, 0.717) is 0 Å². The molecule has 0 amide bonds. The van der Waals surface area contributed by atoms with Gasteiger partial charge in [0.05, 0.1) is 5.60 Å². The summed E-state index contributed by atoms with van der Waals surface area (Å²) in [6, 6.07) is 0. The third-order valence-corrected chi connectivity index (χ3v) is 7.40. The molecule has 0 aliphatic heterocycles. The van der Waals surface area contributed by atoms with Crippen LogP contribution in [0, 0.1) is 17.8 Å². The molecule has 0 bridgehead atoms. The molecule has 2 saturated carbocycles. The second-order valence-corrected chi connectivity index (χ2v) is 9.19. The highest BCUT2D eigenvalue weighted by molar-refractivity contribution is 4.90. The Kier molecular flexibility index (Phi) is 9.89. The predicted molar refractivity (Wildman–Crippen MR) is 110 cm³/mol. The molecule has 2 aliphatic carbocycles. The van der Waals surface area contributed by atoms with Gasteiger partial charge in [-0.3, -0.25) is 0 Å². The van der Waals surface area contributed by atoms with Gasteiger partial charge in [0.25, 0.3) is 0 Å². The van der Waals surface area contributed by atoms with E-state index >= 15 is 0 Å². The van der Waals surface area contributed by atoms with Gasteiger partial charge in [-0.05, 0) is 69.6 Å². The lowest BCUT2D eigenvalue weighted by Crippen LogP contribution is -2.39. The van der Waals surface area contributed by atoms with E-state index in [4.69, 9.17) is 4.74 Å². The van der Waals surface area contributed by atoms with Gasteiger partial charge in [-0.2, -0.15) is 0 Å². The van der Waals surface area contributed by atoms with Gasteiger partial charge in [-0.25, -0.2) is 0 Å². The van der Waals surface area contributed by atoms with Crippen LogP contribution >= 0.6 is 0 Å². The number of rotatable bonds is 11. The zero-order chi connectivity index (χ0) is 18.0. The summed E-state index contributed by atoms with van der Waals surface area (Å²) in [5.41, 5.74) is 0.248. The summed E-state index contributed by atoms with van der Waals surface area (Å²) in [4.78, 5) is 0. The topological polar surface area (TPSA) is 9.23 Å². The Morgan fingerprint density at radius 3 is 1.96 bits per heavy atom. The summed E-state index contributed by atoms with van der Waals surface area (Å²) in [7, 11) is 0. The number of ether oxygens (including phenoxy) is 1. The van der Waals surface area contributed by atoms with Crippen molar-refractivity contribution in [3.05, 3.63) is 0 Å². The molecule has 0 aromatic carbocycles. The molecular weight excluding hydrogens is 304 g/mol. The summed E-state index contributed by atoms with van der Waals surface area (Å²) < 4.78 is 6.29. The number of hydrogen-bond acceptors (Lipinski definition) is 1. The van der Waals surface area contributed by atoms with E-state index < -0.39 is 0 Å². The van der Waals surface area contributed by atoms with Crippen LogP contribution in [-0.4, -0.2) is 12.2 Å². The minimum Gasteiger partial charge on any atom is -0.375 e. The van der Waals surface area contributed by atoms with Crippen LogP contribution in [0.2, 0.25) is 0 Å². The van der Waals surface area contributed by atoms with E-state index in [1.807, 2.05) is 0 Å². The van der Waals surface area contributed by atoms with Crippen LogP contribution in [0.3, 0.4) is 0 Å². The monoisotopic (exact) mass is 350 g/mol. The number of hydrogen-bond donors (Lipinski definition) is 0. The molecule has 0 N–H and O–H groups in total. The highest BCUT2D eigenvalue weighted by Crippen LogP contribution is 2.45. The first-order valence-corrected chi connectivity index (χ1v) is 11.9. The normalized spacial score (nSPS) is 33.5. The quantitative estimate of drug-likeness (QED) is 0.344. The molecule has 0 saturated heterocycles. The average Bonchev–Trinajstić information content (AvgIpc) is 2.65. The summed E-state index contributed by atoms with van der Waals surface area (Å²) in [6.07, 6.45) is 22.9. The summed E-state index contributed by atoms with van der Waals surface area (Å²) in [6.45, 7) is 7.71. The lowest BCUT2D eigenvalue weighted by Gasteiger charge is -2.43. The lowest BCUT2D eigenvalue weighted by atomic mass is 9.67. The molecule has 0 aromatic rings. The molecule has 2 rings (SSSR count). The molecule has 0 heterocycles. The molecular formula is C24H46O. The zero-order valence-corrected chi connectivity index (χ0v) is 17.7. The van der Waals surface area contributed by atoms with Gasteiger partial charge in [0.15, 0.2) is 0 Å². The van der Waals surface area contributed by atoms with Crippen molar-refractivity contribution in [1.29, 1.82) is 0 Å². The van der Waals surface area contributed by atoms with E-state index in [-0.39, 0.29) is 5.60 Å². The van der Waals surface area contributed by atoms with E-state index in [1.165, 1.54) is 103 Å². The Bertz CT molecular complexity index is 321. The summed E-state index contributed by atoms with van der Waals surface area (Å²) in [5.74, 6) is 3.11. The standard InChI is InChI=1S/C24H46O/c1-4-7-9-10-11-21-12-14-22(15-13-21)23-16-19-24(20-17-23,25-6-3)18-8-5-2/h21-23H,4-20H2,1-3H3. The van der Waals surface area contributed by atoms with E-state index in [1.54, 1.807) is 0 Å². The zero-order valence-electron chi connectivity index (χ0n) is 17.7. The fraction of sp³-hybridized carbons (Fsp3) is 1.00. The smallest absolute Gasteiger partial charge is 0.0682 e. The Morgan fingerprint density at radius 2 is 1.36 bits per heavy atom. The predicted octanol–water partition coefficient (Wildman–Crippen LogP) is 7.92. The Labute approximate surface area is 158 Å². The minimum atomic E-state index is 0.248. The van der Waals surface area contributed by atoms with Gasteiger partial charge in [0, 0.05) is 6.61 Å². The molecule has 2 aliphatic rings. The largest absolute Gasteiger partial charge is 0.375 e. The maximum atomic E-state index is 6.29. The maximum Gasteiger partial charge on any atom is 0.0682 e. The van der Waals surface area contributed by atoms with Gasteiger partial charge in [0.1, 0.15) is 0 Å². The molecule has 1 heteroatoms. The minimum absolute atomic E-state index is 0.248. The van der Waals surface area contributed by atoms with Crippen molar-refractivity contribution in [2.24, 2.45) is 17.8 Å². The number of unbranched alkanes of at least 4 members (excludes halogenated alkanes) is 4. The van der Waals surface area contributed by atoms with Gasteiger partial charge < -0.3 is 4.74 Å². The molecule has 1 nitrogen and oxygen atoms in total. The fourth-order valence-electron chi connectivity index (χ4n) is 5.72. The lowest BCUT2D eigenvalue weighted by molar-refractivity contribution is -0.0853. The van der Waals surface area contributed by atoms with Crippen molar-refractivity contribution >= 4 is 0 Å². The molecule has 0 aromatic heterocycles. The maximum absolute atomic E-state index is 6.29. The summed E-state index contributed by atoms with van der Waals surface area (Å²) >= 11 is 0. The molecule has 0 spiro atoms. The van der Waals surface area contributed by atoms with Crippen LogP contribution in [0.15, 0.2) is 0 Å².